The second-order valence-corrected chi connectivity index (χ2v) is 3.33. The van der Waals surface area contributed by atoms with E-state index in [0.29, 0.717) is 0 Å². The molecule has 1 nitrogen and oxygen atoms in total. The standard InChI is InChI=1S/C13H11FO/c14-12-6-3-5-10(8-12)13-7-2-1-4-11(13)9-15/h1-8,15H,9H2. The Labute approximate surface area is 87.8 Å². The molecule has 0 saturated carbocycles. The Morgan fingerprint density at radius 3 is 2.53 bits per heavy atom. The van der Waals surface area contributed by atoms with E-state index in [1.165, 1.54) is 12.1 Å². The van der Waals surface area contributed by atoms with Crippen LogP contribution in [0.1, 0.15) is 5.56 Å². The lowest BCUT2D eigenvalue weighted by Gasteiger charge is -2.06. The molecular formula is C13H11FO. The molecular weight excluding hydrogens is 191 g/mol. The zero-order chi connectivity index (χ0) is 10.7. The van der Waals surface area contributed by atoms with Crippen LogP contribution in [0.25, 0.3) is 11.1 Å². The van der Waals surface area contributed by atoms with Crippen molar-refractivity contribution in [3.63, 3.8) is 0 Å². The fourth-order valence-corrected chi connectivity index (χ4v) is 1.60. The third kappa shape index (κ3) is 2.05. The Balaban J connectivity index is 2.53. The van der Waals surface area contributed by atoms with Gasteiger partial charge in [-0.3, -0.25) is 0 Å². The molecule has 0 aliphatic heterocycles. The molecule has 1 N–H and O–H groups in total. The molecule has 0 heterocycles. The van der Waals surface area contributed by atoms with Crippen LogP contribution in [0, 0.1) is 5.82 Å². The van der Waals surface area contributed by atoms with Crippen molar-refractivity contribution in [1.29, 1.82) is 0 Å². The molecule has 2 aromatic carbocycles. The maximum Gasteiger partial charge on any atom is 0.123 e. The lowest BCUT2D eigenvalue weighted by molar-refractivity contribution is 0.282. The summed E-state index contributed by atoms with van der Waals surface area (Å²) in [5.41, 5.74) is 2.47. The highest BCUT2D eigenvalue weighted by Gasteiger charge is 2.03. The van der Waals surface area contributed by atoms with Gasteiger partial charge in [0, 0.05) is 0 Å². The zero-order valence-corrected chi connectivity index (χ0v) is 8.15. The first-order valence-corrected chi connectivity index (χ1v) is 4.76. The van der Waals surface area contributed by atoms with Crippen molar-refractivity contribution >= 4 is 0 Å². The summed E-state index contributed by atoms with van der Waals surface area (Å²) < 4.78 is 13.0. The van der Waals surface area contributed by atoms with Crippen LogP contribution < -0.4 is 0 Å². The summed E-state index contributed by atoms with van der Waals surface area (Å²) >= 11 is 0. The molecule has 0 radical (unpaired) electrons. The third-order valence-corrected chi connectivity index (χ3v) is 2.32. The largest absolute Gasteiger partial charge is 0.392 e. The summed E-state index contributed by atoms with van der Waals surface area (Å²) in [4.78, 5) is 0. The molecule has 0 aliphatic rings. The Morgan fingerprint density at radius 2 is 1.80 bits per heavy atom. The number of aliphatic hydroxyl groups excluding tert-OH is 1. The van der Waals surface area contributed by atoms with Crippen LogP contribution in [0.4, 0.5) is 4.39 Å². The highest BCUT2D eigenvalue weighted by molar-refractivity contribution is 5.67. The molecule has 0 saturated heterocycles. The predicted molar refractivity (Wildman–Crippen MR) is 57.8 cm³/mol. The minimum absolute atomic E-state index is 0.0350. The summed E-state index contributed by atoms with van der Waals surface area (Å²) in [6.45, 7) is -0.0350. The maximum atomic E-state index is 13.0. The van der Waals surface area contributed by atoms with E-state index in [4.69, 9.17) is 5.11 Å². The van der Waals surface area contributed by atoms with Gasteiger partial charge in [0.1, 0.15) is 5.82 Å². The lowest BCUT2D eigenvalue weighted by Crippen LogP contribution is -1.89. The summed E-state index contributed by atoms with van der Waals surface area (Å²) in [5.74, 6) is -0.264. The molecule has 0 spiro atoms. The number of benzene rings is 2. The normalized spacial score (nSPS) is 10.3. The third-order valence-electron chi connectivity index (χ3n) is 2.32. The van der Waals surface area contributed by atoms with E-state index >= 15 is 0 Å². The van der Waals surface area contributed by atoms with Crippen LogP contribution in [-0.4, -0.2) is 5.11 Å². The van der Waals surface area contributed by atoms with Gasteiger partial charge in [-0.1, -0.05) is 36.4 Å². The Hall–Kier alpha value is -1.67. The molecule has 15 heavy (non-hydrogen) atoms. The van der Waals surface area contributed by atoms with Crippen LogP contribution in [0.3, 0.4) is 0 Å². The van der Waals surface area contributed by atoms with Gasteiger partial charge in [-0.15, -0.1) is 0 Å². The average molecular weight is 202 g/mol. The van der Waals surface area contributed by atoms with Gasteiger partial charge >= 0.3 is 0 Å². The van der Waals surface area contributed by atoms with Crippen molar-refractivity contribution in [3.05, 3.63) is 59.9 Å². The molecule has 76 valence electrons. The van der Waals surface area contributed by atoms with Gasteiger partial charge < -0.3 is 5.11 Å². The number of hydrogen-bond acceptors (Lipinski definition) is 1. The van der Waals surface area contributed by atoms with Crippen LogP contribution in [-0.2, 0) is 6.61 Å². The van der Waals surface area contributed by atoms with Gasteiger partial charge in [-0.25, -0.2) is 4.39 Å². The lowest BCUT2D eigenvalue weighted by atomic mass is 10.0. The number of halogens is 1. The van der Waals surface area contributed by atoms with Crippen molar-refractivity contribution in [3.8, 4) is 11.1 Å². The molecule has 0 bridgehead atoms. The van der Waals surface area contributed by atoms with E-state index in [1.807, 2.05) is 30.3 Å². The van der Waals surface area contributed by atoms with Crippen LogP contribution in [0.15, 0.2) is 48.5 Å². The molecule has 0 aliphatic carbocycles. The van der Waals surface area contributed by atoms with Crippen LogP contribution in [0.2, 0.25) is 0 Å². The van der Waals surface area contributed by atoms with E-state index in [1.54, 1.807) is 6.07 Å². The summed E-state index contributed by atoms with van der Waals surface area (Å²) in [7, 11) is 0. The smallest absolute Gasteiger partial charge is 0.123 e. The molecule has 0 unspecified atom stereocenters. The highest BCUT2D eigenvalue weighted by Crippen LogP contribution is 2.23. The molecule has 2 aromatic rings. The average Bonchev–Trinajstić information content (AvgIpc) is 2.29. The maximum absolute atomic E-state index is 13.0. The first-order valence-electron chi connectivity index (χ1n) is 4.76. The predicted octanol–water partition coefficient (Wildman–Crippen LogP) is 2.99. The first kappa shape index (κ1) is 9.87. The van der Waals surface area contributed by atoms with Crippen molar-refractivity contribution in [2.75, 3.05) is 0 Å². The van der Waals surface area contributed by atoms with Crippen LogP contribution in [0.5, 0.6) is 0 Å². The summed E-state index contributed by atoms with van der Waals surface area (Å²) in [6, 6.07) is 13.8. The van der Waals surface area contributed by atoms with E-state index in [9.17, 15) is 4.39 Å². The summed E-state index contributed by atoms with van der Waals surface area (Å²) in [6.07, 6.45) is 0. The van der Waals surface area contributed by atoms with Gasteiger partial charge in [0.15, 0.2) is 0 Å². The quantitative estimate of drug-likeness (QED) is 0.793. The highest BCUT2D eigenvalue weighted by atomic mass is 19.1. The monoisotopic (exact) mass is 202 g/mol. The number of rotatable bonds is 2. The van der Waals surface area contributed by atoms with Gasteiger partial charge in [0.25, 0.3) is 0 Å². The van der Waals surface area contributed by atoms with Crippen molar-refractivity contribution in [1.82, 2.24) is 0 Å². The van der Waals surface area contributed by atoms with E-state index < -0.39 is 0 Å². The van der Waals surface area contributed by atoms with E-state index in [-0.39, 0.29) is 12.4 Å². The molecule has 0 aromatic heterocycles. The first-order chi connectivity index (χ1) is 7.31. The minimum atomic E-state index is -0.264. The number of aliphatic hydroxyl groups is 1. The van der Waals surface area contributed by atoms with Gasteiger partial charge in [0.05, 0.1) is 6.61 Å². The van der Waals surface area contributed by atoms with E-state index in [2.05, 4.69) is 0 Å². The summed E-state index contributed by atoms with van der Waals surface area (Å²) in [5, 5.41) is 9.16. The van der Waals surface area contributed by atoms with Crippen LogP contribution >= 0.6 is 0 Å². The fraction of sp³-hybridized carbons (Fsp3) is 0.0769. The minimum Gasteiger partial charge on any atom is -0.392 e. The van der Waals surface area contributed by atoms with Crippen molar-refractivity contribution in [2.45, 2.75) is 6.61 Å². The fourth-order valence-electron chi connectivity index (χ4n) is 1.60. The molecule has 2 heteroatoms. The number of hydrogen-bond donors (Lipinski definition) is 1. The zero-order valence-electron chi connectivity index (χ0n) is 8.15. The molecule has 0 fully saturated rings. The SMILES string of the molecule is OCc1ccccc1-c1cccc(F)c1. The molecule has 0 atom stereocenters. The van der Waals surface area contributed by atoms with Gasteiger partial charge in [-0.05, 0) is 28.8 Å². The Morgan fingerprint density at radius 1 is 1.00 bits per heavy atom. The molecule has 0 amide bonds. The second kappa shape index (κ2) is 4.24. The van der Waals surface area contributed by atoms with Gasteiger partial charge in [-0.2, -0.15) is 0 Å². The van der Waals surface area contributed by atoms with Crippen molar-refractivity contribution in [2.24, 2.45) is 0 Å². The second-order valence-electron chi connectivity index (χ2n) is 3.33. The van der Waals surface area contributed by atoms with E-state index in [0.717, 1.165) is 16.7 Å². The Bertz CT molecular complexity index is 466. The topological polar surface area (TPSA) is 20.2 Å². The molecule has 2 rings (SSSR count). The Kier molecular flexibility index (Phi) is 2.79. The van der Waals surface area contributed by atoms with Gasteiger partial charge in [0.2, 0.25) is 0 Å². The van der Waals surface area contributed by atoms with Crippen molar-refractivity contribution < 1.29 is 9.50 Å².